The highest BCUT2D eigenvalue weighted by Crippen LogP contribution is 2.38. The zero-order chi connectivity index (χ0) is 30.6. The van der Waals surface area contributed by atoms with Gasteiger partial charge in [-0.05, 0) is 82.4 Å². The predicted molar refractivity (Wildman–Crippen MR) is 156 cm³/mol. The van der Waals surface area contributed by atoms with E-state index in [-0.39, 0.29) is 22.9 Å². The van der Waals surface area contributed by atoms with Crippen molar-refractivity contribution in [2.45, 2.75) is 12.8 Å². The number of hydrogen-bond donors (Lipinski definition) is 1. The lowest BCUT2D eigenvalue weighted by molar-refractivity contribution is -0.137. The van der Waals surface area contributed by atoms with Gasteiger partial charge in [-0.25, -0.2) is 4.39 Å². The van der Waals surface area contributed by atoms with Crippen molar-refractivity contribution >= 4 is 63.2 Å². The molecule has 4 rings (SSSR count). The summed E-state index contributed by atoms with van der Waals surface area (Å²) in [5.41, 5.74) is -0.443. The minimum Gasteiger partial charge on any atom is -0.495 e. The molecule has 1 aliphatic heterocycles. The molecule has 8 nitrogen and oxygen atoms in total. The Morgan fingerprint density at radius 2 is 1.76 bits per heavy atom. The van der Waals surface area contributed by atoms with Gasteiger partial charge in [0.15, 0.2) is 11.5 Å². The van der Waals surface area contributed by atoms with Crippen molar-refractivity contribution < 1.29 is 46.2 Å². The molecule has 1 fully saturated rings. The smallest absolute Gasteiger partial charge is 0.416 e. The van der Waals surface area contributed by atoms with Crippen molar-refractivity contribution in [2.24, 2.45) is 0 Å². The van der Waals surface area contributed by atoms with Crippen molar-refractivity contribution in [3.63, 3.8) is 0 Å². The number of rotatable bonds is 9. The number of methoxy groups -OCH3 is 2. The van der Waals surface area contributed by atoms with E-state index in [1.165, 1.54) is 26.4 Å². The molecule has 1 aliphatic rings. The van der Waals surface area contributed by atoms with Crippen molar-refractivity contribution in [3.05, 3.63) is 85.6 Å². The lowest BCUT2D eigenvalue weighted by Crippen LogP contribution is -2.36. The molecule has 42 heavy (non-hydrogen) atoms. The van der Waals surface area contributed by atoms with Crippen LogP contribution in [0.3, 0.4) is 0 Å². The third kappa shape index (κ3) is 7.15. The Kier molecular flexibility index (Phi) is 9.66. The molecule has 1 heterocycles. The number of nitrogens with zero attached hydrogens (tertiary/aromatic N) is 1. The molecule has 0 radical (unpaired) electrons. The van der Waals surface area contributed by atoms with E-state index in [0.717, 1.165) is 12.1 Å². The zero-order valence-corrected chi connectivity index (χ0v) is 24.9. The Morgan fingerprint density at radius 3 is 2.43 bits per heavy atom. The van der Waals surface area contributed by atoms with Crippen LogP contribution in [0.15, 0.2) is 59.5 Å². The number of hydrogen-bond acceptors (Lipinski definition) is 7. The molecule has 0 unspecified atom stereocenters. The first-order valence-corrected chi connectivity index (χ1v) is 13.8. The fourth-order valence-electron chi connectivity index (χ4n) is 3.83. The average molecular weight is 716 g/mol. The summed E-state index contributed by atoms with van der Waals surface area (Å²) in [6.07, 6.45) is -3.22. The van der Waals surface area contributed by atoms with E-state index in [4.69, 9.17) is 14.2 Å². The maximum Gasteiger partial charge on any atom is 0.416 e. The third-order valence-electron chi connectivity index (χ3n) is 5.86. The van der Waals surface area contributed by atoms with Crippen LogP contribution in [0.25, 0.3) is 6.08 Å². The van der Waals surface area contributed by atoms with Crippen LogP contribution < -0.4 is 19.5 Å². The van der Waals surface area contributed by atoms with Crippen LogP contribution in [0.1, 0.15) is 16.7 Å². The standard InChI is InChI=1S/C28H21F4IN2O6S/c1-39-21-8-7-17(28(30,31)32)12-20(21)34-24(36)13-35-26(37)23(42-27(35)38)11-15-9-19(33)25(22(10-15)40-2)41-14-16-5-3-4-6-18(16)29/h3-12H,13-14H2,1-2H3,(H,34,36)/b23-11-. The Morgan fingerprint density at radius 1 is 1.05 bits per heavy atom. The number of carbonyl (C=O) groups is 3. The molecule has 3 amide bonds. The van der Waals surface area contributed by atoms with Gasteiger partial charge in [-0.15, -0.1) is 0 Å². The number of ether oxygens (including phenoxy) is 3. The Bertz CT molecular complexity index is 1580. The van der Waals surface area contributed by atoms with Gasteiger partial charge in [-0.2, -0.15) is 13.2 Å². The second-order valence-corrected chi connectivity index (χ2v) is 10.8. The summed E-state index contributed by atoms with van der Waals surface area (Å²) < 4.78 is 70.2. The summed E-state index contributed by atoms with van der Waals surface area (Å²) >= 11 is 2.59. The van der Waals surface area contributed by atoms with Crippen LogP contribution in [0.4, 0.5) is 28.0 Å². The fourth-order valence-corrected chi connectivity index (χ4v) is 5.45. The molecule has 0 atom stereocenters. The van der Waals surface area contributed by atoms with Crippen molar-refractivity contribution in [3.8, 4) is 17.2 Å². The first-order chi connectivity index (χ1) is 19.9. The summed E-state index contributed by atoms with van der Waals surface area (Å²) in [5.74, 6) is -1.45. The van der Waals surface area contributed by atoms with Crippen LogP contribution in [-0.2, 0) is 22.4 Å². The van der Waals surface area contributed by atoms with E-state index < -0.39 is 41.2 Å². The normalized spacial score (nSPS) is 14.4. The van der Waals surface area contributed by atoms with E-state index in [9.17, 15) is 31.9 Å². The van der Waals surface area contributed by atoms with Gasteiger partial charge in [0.05, 0.1) is 33.9 Å². The number of halogens is 5. The summed E-state index contributed by atoms with van der Waals surface area (Å²) in [5, 5.41) is 1.54. The Balaban J connectivity index is 1.49. The summed E-state index contributed by atoms with van der Waals surface area (Å²) in [4.78, 5) is 38.9. The van der Waals surface area contributed by atoms with E-state index in [2.05, 4.69) is 5.32 Å². The van der Waals surface area contributed by atoms with Gasteiger partial charge in [-0.1, -0.05) is 18.2 Å². The Labute approximate surface area is 255 Å². The molecule has 0 aliphatic carbocycles. The number of imide groups is 1. The number of thioether (sulfide) groups is 1. The van der Waals surface area contributed by atoms with Gasteiger partial charge < -0.3 is 19.5 Å². The molecule has 0 spiro atoms. The molecular formula is C28H21F4IN2O6S. The van der Waals surface area contributed by atoms with Crippen molar-refractivity contribution in [2.75, 3.05) is 26.1 Å². The maximum atomic E-state index is 14.0. The second-order valence-electron chi connectivity index (χ2n) is 8.64. The first kappa shape index (κ1) is 31.2. The van der Waals surface area contributed by atoms with Gasteiger partial charge in [0.1, 0.15) is 24.7 Å². The van der Waals surface area contributed by atoms with Crippen molar-refractivity contribution in [1.29, 1.82) is 0 Å². The monoisotopic (exact) mass is 716 g/mol. The van der Waals surface area contributed by atoms with Crippen LogP contribution in [0.5, 0.6) is 17.2 Å². The predicted octanol–water partition coefficient (Wildman–Crippen LogP) is 6.72. The number of anilines is 1. The quantitative estimate of drug-likeness (QED) is 0.149. The van der Waals surface area contributed by atoms with Crippen LogP contribution in [0.2, 0.25) is 0 Å². The third-order valence-corrected chi connectivity index (χ3v) is 7.56. The van der Waals surface area contributed by atoms with E-state index in [1.807, 2.05) is 22.6 Å². The topological polar surface area (TPSA) is 94.2 Å². The van der Waals surface area contributed by atoms with E-state index >= 15 is 0 Å². The highest BCUT2D eigenvalue weighted by Gasteiger charge is 2.37. The zero-order valence-electron chi connectivity index (χ0n) is 21.9. The first-order valence-electron chi connectivity index (χ1n) is 12.0. The molecular weight excluding hydrogens is 695 g/mol. The maximum absolute atomic E-state index is 14.0. The largest absolute Gasteiger partial charge is 0.495 e. The number of carbonyl (C=O) groups excluding carboxylic acids is 3. The molecule has 1 N–H and O–H groups in total. The minimum absolute atomic E-state index is 0.0160. The van der Waals surface area contributed by atoms with Crippen LogP contribution in [0, 0.1) is 9.39 Å². The molecule has 0 saturated carbocycles. The molecule has 14 heteroatoms. The summed E-state index contributed by atoms with van der Waals surface area (Å²) in [7, 11) is 2.63. The number of alkyl halides is 3. The average Bonchev–Trinajstić information content (AvgIpc) is 3.19. The van der Waals surface area contributed by atoms with Crippen LogP contribution >= 0.6 is 34.4 Å². The molecule has 220 valence electrons. The van der Waals surface area contributed by atoms with Gasteiger partial charge >= 0.3 is 6.18 Å². The molecule has 0 bridgehead atoms. The lowest BCUT2D eigenvalue weighted by Gasteiger charge is -2.16. The second kappa shape index (κ2) is 13.0. The minimum atomic E-state index is -4.66. The molecule has 3 aromatic rings. The number of amides is 3. The van der Waals surface area contributed by atoms with Gasteiger partial charge in [0.25, 0.3) is 11.1 Å². The van der Waals surface area contributed by atoms with Gasteiger partial charge in [0, 0.05) is 5.56 Å². The van der Waals surface area contributed by atoms with Crippen LogP contribution in [-0.4, -0.2) is 42.7 Å². The molecule has 0 aromatic heterocycles. The van der Waals surface area contributed by atoms with E-state index in [0.29, 0.717) is 48.9 Å². The van der Waals surface area contributed by atoms with Crippen molar-refractivity contribution in [1.82, 2.24) is 4.90 Å². The number of nitrogens with one attached hydrogen (secondary N) is 1. The Hall–Kier alpha value is -3.79. The lowest BCUT2D eigenvalue weighted by atomic mass is 10.1. The SMILES string of the molecule is COc1ccc(C(F)(F)F)cc1NC(=O)CN1C(=O)S/C(=C\c2cc(I)c(OCc3ccccc3F)c(OC)c2)C1=O. The van der Waals surface area contributed by atoms with E-state index in [1.54, 1.807) is 30.3 Å². The summed E-state index contributed by atoms with van der Waals surface area (Å²) in [6, 6.07) is 12.0. The fraction of sp³-hybridized carbons (Fsp3) is 0.179. The van der Waals surface area contributed by atoms with Gasteiger partial charge in [-0.3, -0.25) is 19.3 Å². The number of benzene rings is 3. The molecule has 3 aromatic carbocycles. The summed E-state index contributed by atoms with van der Waals surface area (Å²) in [6.45, 7) is -0.781. The molecule has 1 saturated heterocycles. The highest BCUT2D eigenvalue weighted by molar-refractivity contribution is 14.1. The van der Waals surface area contributed by atoms with Gasteiger partial charge in [0.2, 0.25) is 5.91 Å². The highest BCUT2D eigenvalue weighted by atomic mass is 127.